The quantitative estimate of drug-likeness (QED) is 0.313. The predicted octanol–water partition coefficient (Wildman–Crippen LogP) is -0.0107. The van der Waals surface area contributed by atoms with E-state index in [2.05, 4.69) is 0 Å². The second-order valence-electron chi connectivity index (χ2n) is 7.48. The first-order chi connectivity index (χ1) is 11.7. The van der Waals surface area contributed by atoms with E-state index in [1.165, 1.54) is 0 Å². The molecule has 11 heteroatoms. The van der Waals surface area contributed by atoms with Crippen LogP contribution in [0.15, 0.2) is 0 Å². The van der Waals surface area contributed by atoms with Crippen LogP contribution in [-0.4, -0.2) is 58.2 Å². The topological polar surface area (TPSA) is 147 Å². The fraction of sp³-hybridized carbons (Fsp3) is 0.867. The van der Waals surface area contributed by atoms with E-state index >= 15 is 0 Å². The zero-order chi connectivity index (χ0) is 20.3. The summed E-state index contributed by atoms with van der Waals surface area (Å²) >= 11 is 0. The molecule has 0 radical (unpaired) electrons. The summed E-state index contributed by atoms with van der Waals surface area (Å²) in [7, 11) is -7.89. The Hall–Kier alpha value is -1.04. The summed E-state index contributed by atoms with van der Waals surface area (Å²) in [6.07, 6.45) is 1.28. The highest BCUT2D eigenvalue weighted by atomic mass is 32.2. The van der Waals surface area contributed by atoms with Gasteiger partial charge in [0.05, 0.1) is 17.9 Å². The second-order valence-corrected chi connectivity index (χ2v) is 11.2. The highest BCUT2D eigenvalue weighted by molar-refractivity contribution is 7.91. The Bertz CT molecular complexity index is 732. The molecular formula is C15H27NO8S2. The van der Waals surface area contributed by atoms with Crippen LogP contribution in [0.2, 0.25) is 0 Å². The van der Waals surface area contributed by atoms with Crippen LogP contribution in [0.5, 0.6) is 0 Å². The van der Waals surface area contributed by atoms with Crippen LogP contribution in [0.4, 0.5) is 0 Å². The third kappa shape index (κ3) is 7.29. The molecular weight excluding hydrogens is 386 g/mol. The van der Waals surface area contributed by atoms with Crippen molar-refractivity contribution in [2.45, 2.75) is 51.7 Å². The maximum Gasteiger partial charge on any atom is 0.318 e. The number of nitrogens with two attached hydrogens (primary N) is 1. The largest absolute Gasteiger partial charge is 0.459 e. The van der Waals surface area contributed by atoms with E-state index in [1.54, 1.807) is 20.8 Å². The van der Waals surface area contributed by atoms with Crippen LogP contribution < -0.4 is 5.73 Å². The lowest BCUT2D eigenvalue weighted by Crippen LogP contribution is -2.47. The molecule has 0 aromatic carbocycles. The summed E-state index contributed by atoms with van der Waals surface area (Å²) in [5.74, 6) is -5.64. The molecule has 2 unspecified atom stereocenters. The fourth-order valence-corrected chi connectivity index (χ4v) is 4.02. The number of Topliss-reactive ketones (excluding diaryl/α,β-unsaturated/α-hetero) is 1. The van der Waals surface area contributed by atoms with Crippen LogP contribution >= 0.6 is 0 Å². The minimum absolute atomic E-state index is 0.386. The molecule has 2 atom stereocenters. The molecule has 0 heterocycles. The lowest BCUT2D eigenvalue weighted by atomic mass is 9.78. The Morgan fingerprint density at radius 3 is 2.04 bits per heavy atom. The van der Waals surface area contributed by atoms with Gasteiger partial charge >= 0.3 is 5.97 Å². The van der Waals surface area contributed by atoms with Crippen LogP contribution in [0.3, 0.4) is 0 Å². The third-order valence-corrected chi connectivity index (χ3v) is 5.75. The van der Waals surface area contributed by atoms with Gasteiger partial charge in [0.1, 0.15) is 17.6 Å². The molecule has 2 N–H and O–H groups in total. The molecule has 9 nitrogen and oxygen atoms in total. The van der Waals surface area contributed by atoms with Crippen LogP contribution in [0, 0.1) is 11.8 Å². The van der Waals surface area contributed by atoms with E-state index in [4.69, 9.17) is 14.7 Å². The molecule has 1 fully saturated rings. The van der Waals surface area contributed by atoms with Gasteiger partial charge in [-0.2, -0.15) is 8.42 Å². The van der Waals surface area contributed by atoms with Crippen LogP contribution in [0.1, 0.15) is 40.0 Å². The third-order valence-electron chi connectivity index (χ3n) is 3.85. The average molecular weight is 414 g/mol. The van der Waals surface area contributed by atoms with Gasteiger partial charge in [0, 0.05) is 0 Å². The van der Waals surface area contributed by atoms with Crippen molar-refractivity contribution in [3.8, 4) is 0 Å². The second kappa shape index (κ2) is 8.32. The molecule has 0 aromatic rings. The molecule has 0 bridgehead atoms. The molecule has 0 aliphatic heterocycles. The molecule has 1 aliphatic rings. The van der Waals surface area contributed by atoms with Crippen molar-refractivity contribution in [3.05, 3.63) is 0 Å². The van der Waals surface area contributed by atoms with Gasteiger partial charge in [0.15, 0.2) is 15.6 Å². The average Bonchev–Trinajstić information content (AvgIpc) is 2.38. The normalized spacial score (nSPS) is 18.7. The first-order valence-electron chi connectivity index (χ1n) is 8.20. The fourth-order valence-electron chi connectivity index (χ4n) is 2.45. The van der Waals surface area contributed by atoms with E-state index in [1.807, 2.05) is 0 Å². The first-order valence-corrected chi connectivity index (χ1v) is 11.8. The van der Waals surface area contributed by atoms with Gasteiger partial charge in [-0.3, -0.25) is 13.8 Å². The van der Waals surface area contributed by atoms with Gasteiger partial charge in [-0.1, -0.05) is 6.42 Å². The first kappa shape index (κ1) is 23.0. The zero-order valence-corrected chi connectivity index (χ0v) is 17.1. The Labute approximate surface area is 154 Å². The van der Waals surface area contributed by atoms with Crippen LogP contribution in [-0.2, 0) is 38.5 Å². The summed E-state index contributed by atoms with van der Waals surface area (Å²) in [6.45, 7) is 4.71. The summed E-state index contributed by atoms with van der Waals surface area (Å²) in [5, 5.41) is 0. The summed E-state index contributed by atoms with van der Waals surface area (Å²) in [6, 6.07) is 0. The van der Waals surface area contributed by atoms with Gasteiger partial charge in [-0.25, -0.2) is 8.42 Å². The molecule has 0 aromatic heterocycles. The van der Waals surface area contributed by atoms with Gasteiger partial charge in [-0.05, 0) is 39.5 Å². The Morgan fingerprint density at radius 1 is 1.15 bits per heavy atom. The molecule has 1 rings (SSSR count). The van der Waals surface area contributed by atoms with Crippen molar-refractivity contribution in [3.63, 3.8) is 0 Å². The molecule has 0 saturated heterocycles. The Morgan fingerprint density at radius 2 is 1.69 bits per heavy atom. The van der Waals surface area contributed by atoms with Gasteiger partial charge in [-0.15, -0.1) is 0 Å². The molecule has 152 valence electrons. The monoisotopic (exact) mass is 413 g/mol. The minimum atomic E-state index is -3.98. The Balaban J connectivity index is 3.19. The van der Waals surface area contributed by atoms with Gasteiger partial charge in [0.2, 0.25) is 0 Å². The molecule has 1 aliphatic carbocycles. The predicted molar refractivity (Wildman–Crippen MR) is 94.2 cm³/mol. The van der Waals surface area contributed by atoms with E-state index < -0.39 is 61.0 Å². The number of hydrogen-bond acceptors (Lipinski definition) is 9. The van der Waals surface area contributed by atoms with Crippen molar-refractivity contribution in [2.75, 3.05) is 17.9 Å². The summed E-state index contributed by atoms with van der Waals surface area (Å²) < 4.78 is 56.9. The SMILES string of the molecule is CC(C)(C)OC(=O)C(CS(=O)(=O)CN)C(=O)C(OS(C)(=O)=O)C1CCC1. The van der Waals surface area contributed by atoms with E-state index in [9.17, 15) is 26.4 Å². The number of ether oxygens (including phenoxy) is 1. The molecule has 26 heavy (non-hydrogen) atoms. The molecule has 1 saturated carbocycles. The molecule has 0 spiro atoms. The van der Waals surface area contributed by atoms with Gasteiger partial charge in [0.25, 0.3) is 10.1 Å². The Kier molecular flexibility index (Phi) is 7.36. The van der Waals surface area contributed by atoms with Crippen molar-refractivity contribution < 1.29 is 35.3 Å². The zero-order valence-electron chi connectivity index (χ0n) is 15.4. The number of sulfone groups is 1. The smallest absolute Gasteiger partial charge is 0.318 e. The maximum absolute atomic E-state index is 12.9. The number of rotatable bonds is 9. The lowest BCUT2D eigenvalue weighted by molar-refractivity contribution is -0.163. The van der Waals surface area contributed by atoms with E-state index in [0.717, 1.165) is 12.7 Å². The molecule has 0 amide bonds. The number of esters is 1. The highest BCUT2D eigenvalue weighted by Gasteiger charge is 2.44. The van der Waals surface area contributed by atoms with Crippen molar-refractivity contribution in [1.29, 1.82) is 0 Å². The van der Waals surface area contributed by atoms with Crippen molar-refractivity contribution >= 4 is 31.7 Å². The summed E-state index contributed by atoms with van der Waals surface area (Å²) in [5.41, 5.74) is 4.23. The van der Waals surface area contributed by atoms with Crippen molar-refractivity contribution in [1.82, 2.24) is 0 Å². The van der Waals surface area contributed by atoms with Crippen LogP contribution in [0.25, 0.3) is 0 Å². The van der Waals surface area contributed by atoms with E-state index in [-0.39, 0.29) is 5.92 Å². The standard InChI is InChI=1S/C15H27NO8S2/c1-15(2,3)23-14(18)11(8-26(21,22)9-16)12(17)13(10-6-5-7-10)24-25(4,19)20/h10-11,13H,5-9,16H2,1-4H3. The number of ketones is 1. The number of carbonyl (C=O) groups is 2. The van der Waals surface area contributed by atoms with Gasteiger partial charge < -0.3 is 10.5 Å². The lowest BCUT2D eigenvalue weighted by Gasteiger charge is -2.33. The minimum Gasteiger partial charge on any atom is -0.459 e. The van der Waals surface area contributed by atoms with Crippen molar-refractivity contribution in [2.24, 2.45) is 17.6 Å². The number of hydrogen-bond donors (Lipinski definition) is 1. The number of carbonyl (C=O) groups excluding carboxylic acids is 2. The summed E-state index contributed by atoms with van der Waals surface area (Å²) in [4.78, 5) is 25.3. The maximum atomic E-state index is 12.9. The highest BCUT2D eigenvalue weighted by Crippen LogP contribution is 2.34. The van der Waals surface area contributed by atoms with E-state index in [0.29, 0.717) is 12.8 Å².